The smallest absolute Gasteiger partial charge is 0.412 e. The lowest BCUT2D eigenvalue weighted by molar-refractivity contribution is -0.0803. The third-order valence-electron chi connectivity index (χ3n) is 4.85. The molecule has 1 aromatic carbocycles. The molecular formula is C22H34F2NO6P. The Morgan fingerprint density at radius 3 is 2.12 bits per heavy atom. The van der Waals surface area contributed by atoms with E-state index in [0.717, 1.165) is 4.90 Å². The molecule has 0 aliphatic carbocycles. The summed E-state index contributed by atoms with van der Waals surface area (Å²) in [7, 11) is -4.80. The highest BCUT2D eigenvalue weighted by atomic mass is 31.2. The van der Waals surface area contributed by atoms with Crippen molar-refractivity contribution in [1.82, 2.24) is 4.90 Å². The maximum absolute atomic E-state index is 15.5. The summed E-state index contributed by atoms with van der Waals surface area (Å²) in [6.45, 7) is 10.8. The van der Waals surface area contributed by atoms with Gasteiger partial charge in [0.05, 0.1) is 19.3 Å². The summed E-state index contributed by atoms with van der Waals surface area (Å²) in [5.41, 5.74) is -5.38. The average Bonchev–Trinajstić information content (AvgIpc) is 2.91. The van der Waals surface area contributed by atoms with E-state index in [2.05, 4.69) is 0 Å². The van der Waals surface area contributed by atoms with Gasteiger partial charge in [-0.25, -0.2) is 4.79 Å². The number of hydrogen-bond donors (Lipinski definition) is 0. The van der Waals surface area contributed by atoms with Crippen molar-refractivity contribution in [3.8, 4) is 0 Å². The van der Waals surface area contributed by atoms with E-state index in [1.54, 1.807) is 65.0 Å². The van der Waals surface area contributed by atoms with Crippen LogP contribution in [-0.4, -0.2) is 47.2 Å². The Bertz CT molecular complexity index is 817. The molecule has 1 aliphatic rings. The summed E-state index contributed by atoms with van der Waals surface area (Å²) in [6.07, 6.45) is -2.70. The number of carbonyl (C=O) groups excluding carboxylic acids is 1. The molecular weight excluding hydrogens is 443 g/mol. The van der Waals surface area contributed by atoms with E-state index in [9.17, 15) is 9.36 Å². The highest BCUT2D eigenvalue weighted by Crippen LogP contribution is 2.65. The van der Waals surface area contributed by atoms with Gasteiger partial charge >= 0.3 is 19.4 Å². The van der Waals surface area contributed by atoms with Crippen molar-refractivity contribution in [2.45, 2.75) is 84.0 Å². The minimum absolute atomic E-state index is 0.211. The lowest BCUT2D eigenvalue weighted by Gasteiger charge is -2.37. The maximum atomic E-state index is 15.5. The van der Waals surface area contributed by atoms with Gasteiger partial charge in [0.15, 0.2) is 0 Å². The Kier molecular flexibility index (Phi) is 8.14. The van der Waals surface area contributed by atoms with Crippen LogP contribution in [0.3, 0.4) is 0 Å². The number of carbonyl (C=O) groups is 1. The summed E-state index contributed by atoms with van der Waals surface area (Å²) in [4.78, 5) is 14.3. The van der Waals surface area contributed by atoms with Gasteiger partial charge in [-0.3, -0.25) is 9.46 Å². The SMILES string of the molecule is CCOP(=O)(OCC)C(F)(F)C[C@H]1[C@@H](c2ccccc2)OC(C)(C)N1C(=O)OC(C)(C)C. The fraction of sp³-hybridized carbons (Fsp3) is 0.682. The zero-order chi connectivity index (χ0) is 24.4. The normalized spacial score (nSPS) is 21.6. The average molecular weight is 477 g/mol. The number of halogens is 2. The largest absolute Gasteiger partial charge is 0.444 e. The standard InChI is InChI=1S/C22H34F2NO6P/c1-8-28-32(27,29-9-2)22(23,24)15-17-18(16-13-11-10-12-14-16)30-21(6,7)25(17)19(26)31-20(3,4)5/h10-14,17-18H,8-9,15H2,1-7H3/t17-,18+/m0/s1. The number of amides is 1. The Balaban J connectivity index is 2.53. The summed E-state index contributed by atoms with van der Waals surface area (Å²) >= 11 is 0. The van der Waals surface area contributed by atoms with Crippen LogP contribution in [0.2, 0.25) is 0 Å². The highest BCUT2D eigenvalue weighted by Gasteiger charge is 2.60. The molecule has 1 saturated heterocycles. The predicted octanol–water partition coefficient (Wildman–Crippen LogP) is 6.35. The molecule has 0 spiro atoms. The first-order valence-corrected chi connectivity index (χ1v) is 12.2. The monoisotopic (exact) mass is 477 g/mol. The summed E-state index contributed by atoms with van der Waals surface area (Å²) in [5.74, 6) is 0. The topological polar surface area (TPSA) is 74.3 Å². The predicted molar refractivity (Wildman–Crippen MR) is 117 cm³/mol. The van der Waals surface area contributed by atoms with E-state index >= 15 is 8.78 Å². The first-order valence-electron chi connectivity index (χ1n) is 10.7. The van der Waals surface area contributed by atoms with Crippen LogP contribution in [0.1, 0.15) is 66.6 Å². The molecule has 7 nitrogen and oxygen atoms in total. The summed E-state index contributed by atoms with van der Waals surface area (Å²) in [5, 5.41) is 0. The molecule has 1 amide bonds. The number of ether oxygens (including phenoxy) is 2. The van der Waals surface area contributed by atoms with Gasteiger partial charge in [0.2, 0.25) is 0 Å². The molecule has 0 aromatic heterocycles. The molecule has 0 N–H and O–H groups in total. The molecule has 2 atom stereocenters. The molecule has 32 heavy (non-hydrogen) atoms. The van der Waals surface area contributed by atoms with Gasteiger partial charge in [-0.2, -0.15) is 8.78 Å². The highest BCUT2D eigenvalue weighted by molar-refractivity contribution is 7.55. The van der Waals surface area contributed by atoms with Crippen molar-refractivity contribution < 1.29 is 36.7 Å². The molecule has 0 bridgehead atoms. The minimum atomic E-state index is -4.80. The molecule has 1 heterocycles. The molecule has 0 radical (unpaired) electrons. The van der Waals surface area contributed by atoms with Crippen LogP contribution in [0, 0.1) is 0 Å². The van der Waals surface area contributed by atoms with Crippen molar-refractivity contribution in [1.29, 1.82) is 0 Å². The van der Waals surface area contributed by atoms with Crippen LogP contribution < -0.4 is 0 Å². The van der Waals surface area contributed by atoms with E-state index in [1.807, 2.05) is 0 Å². The second-order valence-corrected chi connectivity index (χ2v) is 11.2. The summed E-state index contributed by atoms with van der Waals surface area (Å²) in [6, 6.07) is 7.57. The van der Waals surface area contributed by atoms with Gasteiger partial charge in [0.1, 0.15) is 17.4 Å². The Labute approximate surface area is 188 Å². The van der Waals surface area contributed by atoms with Crippen LogP contribution in [0.5, 0.6) is 0 Å². The van der Waals surface area contributed by atoms with Gasteiger partial charge in [-0.05, 0) is 54.0 Å². The zero-order valence-corrected chi connectivity index (χ0v) is 20.7. The molecule has 1 aliphatic heterocycles. The quantitative estimate of drug-likeness (QED) is 0.406. The first kappa shape index (κ1) is 26.7. The van der Waals surface area contributed by atoms with Crippen LogP contribution >= 0.6 is 7.60 Å². The molecule has 0 saturated carbocycles. The number of nitrogens with zero attached hydrogens (tertiary/aromatic N) is 1. The second kappa shape index (κ2) is 9.75. The molecule has 10 heteroatoms. The molecule has 0 unspecified atom stereocenters. The van der Waals surface area contributed by atoms with E-state index in [0.29, 0.717) is 5.56 Å². The van der Waals surface area contributed by atoms with Crippen molar-refractivity contribution in [3.63, 3.8) is 0 Å². The second-order valence-electron chi connectivity index (χ2n) is 9.02. The van der Waals surface area contributed by atoms with E-state index in [1.165, 1.54) is 13.8 Å². The van der Waals surface area contributed by atoms with Gasteiger partial charge in [-0.15, -0.1) is 0 Å². The van der Waals surface area contributed by atoms with Crippen LogP contribution in [-0.2, 0) is 23.1 Å². The fourth-order valence-corrected chi connectivity index (χ4v) is 5.25. The minimum Gasteiger partial charge on any atom is -0.444 e. The lowest BCUT2D eigenvalue weighted by Crippen LogP contribution is -2.51. The Hall–Kier alpha value is -1.54. The van der Waals surface area contributed by atoms with Crippen LogP contribution in [0.4, 0.5) is 13.6 Å². The maximum Gasteiger partial charge on any atom is 0.412 e. The van der Waals surface area contributed by atoms with Gasteiger partial charge in [0.25, 0.3) is 0 Å². The Morgan fingerprint density at radius 2 is 1.66 bits per heavy atom. The summed E-state index contributed by atoms with van der Waals surface area (Å²) < 4.78 is 65.3. The number of hydrogen-bond acceptors (Lipinski definition) is 6. The van der Waals surface area contributed by atoms with Gasteiger partial charge < -0.3 is 18.5 Å². The van der Waals surface area contributed by atoms with Crippen LogP contribution in [0.25, 0.3) is 0 Å². The van der Waals surface area contributed by atoms with Crippen molar-refractivity contribution in [2.75, 3.05) is 13.2 Å². The molecule has 182 valence electrons. The number of rotatable bonds is 8. The fourth-order valence-electron chi connectivity index (χ4n) is 3.71. The van der Waals surface area contributed by atoms with Crippen molar-refractivity contribution in [3.05, 3.63) is 35.9 Å². The van der Waals surface area contributed by atoms with Gasteiger partial charge in [-0.1, -0.05) is 30.3 Å². The lowest BCUT2D eigenvalue weighted by atomic mass is 9.99. The zero-order valence-electron chi connectivity index (χ0n) is 19.8. The number of alkyl halides is 2. The first-order chi connectivity index (χ1) is 14.7. The third-order valence-corrected chi connectivity index (χ3v) is 7.03. The molecule has 1 aromatic rings. The van der Waals surface area contributed by atoms with Crippen LogP contribution in [0.15, 0.2) is 30.3 Å². The number of benzene rings is 1. The van der Waals surface area contributed by atoms with E-state index in [-0.39, 0.29) is 13.2 Å². The van der Waals surface area contributed by atoms with Crippen molar-refractivity contribution in [2.24, 2.45) is 0 Å². The van der Waals surface area contributed by atoms with Gasteiger partial charge in [0, 0.05) is 6.42 Å². The van der Waals surface area contributed by atoms with E-state index in [4.69, 9.17) is 18.5 Å². The Morgan fingerprint density at radius 1 is 1.12 bits per heavy atom. The molecule has 2 rings (SSSR count). The van der Waals surface area contributed by atoms with Crippen molar-refractivity contribution >= 4 is 13.7 Å². The van der Waals surface area contributed by atoms with E-state index < -0.39 is 49.2 Å². The third kappa shape index (κ3) is 5.87. The molecule has 1 fully saturated rings.